The second-order valence-electron chi connectivity index (χ2n) is 7.81. The number of aliphatic hydroxyl groups excluding tert-OH is 1. The number of aliphatic hydroxyl groups is 1. The monoisotopic (exact) mass is 435 g/mol. The standard InChI is InChI=1S/C21H33N5O5/c1-12(2)9-16(18(27)21(30)26-31)19(28)25-17(20(29)23-4)10-14-5-7-15(8-6-14)11-24-13(3)22/h5-8,12,16-18,27,31H,9-11H2,1-4H3,(H2,22,24)(H,23,29)(H,25,28)(H,26,30)/t16-,17+,18+/m1/s1. The third-order valence-corrected chi connectivity index (χ3v) is 4.68. The highest BCUT2D eigenvalue weighted by molar-refractivity contribution is 5.92. The lowest BCUT2D eigenvalue weighted by atomic mass is 9.90. The van der Waals surface area contributed by atoms with E-state index in [-0.39, 0.29) is 18.8 Å². The number of hydrogen-bond donors (Lipinski definition) is 6. The Morgan fingerprint density at radius 2 is 1.65 bits per heavy atom. The van der Waals surface area contributed by atoms with E-state index in [9.17, 15) is 19.5 Å². The summed E-state index contributed by atoms with van der Waals surface area (Å²) in [5.74, 6) is -2.79. The molecule has 0 fully saturated rings. The number of nitrogens with two attached hydrogens (primary N) is 1. The Morgan fingerprint density at radius 3 is 2.13 bits per heavy atom. The Hall–Kier alpha value is -2.98. The minimum absolute atomic E-state index is 0.0114. The highest BCUT2D eigenvalue weighted by Gasteiger charge is 2.34. The van der Waals surface area contributed by atoms with Gasteiger partial charge in [0, 0.05) is 13.5 Å². The molecular formula is C21H33N5O5. The number of hydrogen-bond acceptors (Lipinski definition) is 6. The smallest absolute Gasteiger partial charge is 0.272 e. The summed E-state index contributed by atoms with van der Waals surface area (Å²) in [6, 6.07) is 6.48. The normalized spacial score (nSPS) is 14.5. The molecule has 0 saturated carbocycles. The van der Waals surface area contributed by atoms with Crippen LogP contribution >= 0.6 is 0 Å². The summed E-state index contributed by atoms with van der Waals surface area (Å²) >= 11 is 0. The van der Waals surface area contributed by atoms with Gasteiger partial charge in [-0.1, -0.05) is 38.1 Å². The first kappa shape index (κ1) is 26.1. The summed E-state index contributed by atoms with van der Waals surface area (Å²) in [5, 5.41) is 24.1. The van der Waals surface area contributed by atoms with Crippen LogP contribution in [0.3, 0.4) is 0 Å². The van der Waals surface area contributed by atoms with Crippen LogP contribution in [0, 0.1) is 11.8 Å². The van der Waals surface area contributed by atoms with Crippen molar-refractivity contribution in [3.05, 3.63) is 35.4 Å². The molecule has 0 aromatic heterocycles. The van der Waals surface area contributed by atoms with Gasteiger partial charge in [0.15, 0.2) is 0 Å². The molecule has 1 aromatic rings. The molecule has 0 bridgehead atoms. The highest BCUT2D eigenvalue weighted by Crippen LogP contribution is 2.17. The second-order valence-corrected chi connectivity index (χ2v) is 7.81. The molecule has 0 aliphatic heterocycles. The first-order valence-corrected chi connectivity index (χ1v) is 10.1. The lowest BCUT2D eigenvalue weighted by molar-refractivity contribution is -0.147. The van der Waals surface area contributed by atoms with Crippen molar-refractivity contribution >= 4 is 23.6 Å². The number of amides is 3. The minimum Gasteiger partial charge on any atom is -0.388 e. The maximum atomic E-state index is 12.8. The Balaban J connectivity index is 2.97. The average Bonchev–Trinajstić information content (AvgIpc) is 2.74. The molecule has 0 saturated heterocycles. The maximum absolute atomic E-state index is 12.8. The first-order valence-electron chi connectivity index (χ1n) is 10.1. The van der Waals surface area contributed by atoms with E-state index < -0.39 is 35.8 Å². The van der Waals surface area contributed by atoms with Crippen molar-refractivity contribution in [1.29, 1.82) is 0 Å². The fourth-order valence-corrected chi connectivity index (χ4v) is 3.03. The van der Waals surface area contributed by atoms with Gasteiger partial charge in [-0.05, 0) is 30.4 Å². The van der Waals surface area contributed by atoms with Crippen molar-refractivity contribution in [3.8, 4) is 0 Å². The van der Waals surface area contributed by atoms with Gasteiger partial charge in [0.2, 0.25) is 11.8 Å². The number of carbonyl (C=O) groups is 3. The third kappa shape index (κ3) is 8.73. The predicted octanol–water partition coefficient (Wildman–Crippen LogP) is -0.134. The number of benzene rings is 1. The van der Waals surface area contributed by atoms with Crippen molar-refractivity contribution in [3.63, 3.8) is 0 Å². The Morgan fingerprint density at radius 1 is 1.06 bits per heavy atom. The minimum atomic E-state index is -1.75. The lowest BCUT2D eigenvalue weighted by Gasteiger charge is -2.25. The number of carbonyl (C=O) groups excluding carboxylic acids is 3. The van der Waals surface area contributed by atoms with Gasteiger partial charge in [-0.3, -0.25) is 24.6 Å². The molecule has 3 amide bonds. The first-order chi connectivity index (χ1) is 14.6. The molecule has 0 aliphatic rings. The summed E-state index contributed by atoms with van der Waals surface area (Å²) < 4.78 is 0. The van der Waals surface area contributed by atoms with E-state index in [1.54, 1.807) is 6.92 Å². The van der Waals surface area contributed by atoms with Crippen LogP contribution in [0.2, 0.25) is 0 Å². The summed E-state index contributed by atoms with van der Waals surface area (Å²) in [6.07, 6.45) is -1.35. The molecule has 0 aliphatic carbocycles. The fourth-order valence-electron chi connectivity index (χ4n) is 3.03. The molecule has 3 atom stereocenters. The van der Waals surface area contributed by atoms with E-state index in [2.05, 4.69) is 15.6 Å². The maximum Gasteiger partial charge on any atom is 0.272 e. The molecule has 7 N–H and O–H groups in total. The second kappa shape index (κ2) is 12.7. The van der Waals surface area contributed by atoms with Crippen LogP contribution in [-0.2, 0) is 27.3 Å². The van der Waals surface area contributed by atoms with Gasteiger partial charge >= 0.3 is 0 Å². The van der Waals surface area contributed by atoms with Crippen molar-refractivity contribution in [2.45, 2.75) is 52.3 Å². The van der Waals surface area contributed by atoms with Crippen LogP contribution in [0.15, 0.2) is 29.3 Å². The quantitative estimate of drug-likeness (QED) is 0.122. The number of rotatable bonds is 11. The summed E-state index contributed by atoms with van der Waals surface area (Å²) in [4.78, 5) is 41.0. The molecule has 1 rings (SSSR count). The van der Waals surface area contributed by atoms with Crippen LogP contribution in [0.4, 0.5) is 0 Å². The molecule has 31 heavy (non-hydrogen) atoms. The van der Waals surface area contributed by atoms with Gasteiger partial charge < -0.3 is 21.5 Å². The number of nitrogens with zero attached hydrogens (tertiary/aromatic N) is 1. The van der Waals surface area contributed by atoms with E-state index in [4.69, 9.17) is 10.9 Å². The van der Waals surface area contributed by atoms with Crippen molar-refractivity contribution < 1.29 is 24.7 Å². The zero-order valence-electron chi connectivity index (χ0n) is 18.4. The molecule has 10 nitrogen and oxygen atoms in total. The van der Waals surface area contributed by atoms with E-state index in [1.807, 2.05) is 38.1 Å². The van der Waals surface area contributed by atoms with Gasteiger partial charge in [0.25, 0.3) is 5.91 Å². The molecular weight excluding hydrogens is 402 g/mol. The van der Waals surface area contributed by atoms with Crippen molar-refractivity contribution in [2.75, 3.05) is 7.05 Å². The van der Waals surface area contributed by atoms with Gasteiger partial charge in [0.1, 0.15) is 12.1 Å². The van der Waals surface area contributed by atoms with E-state index >= 15 is 0 Å². The molecule has 0 radical (unpaired) electrons. The molecule has 10 heteroatoms. The zero-order chi connectivity index (χ0) is 23.6. The lowest BCUT2D eigenvalue weighted by Crippen LogP contribution is -2.52. The van der Waals surface area contributed by atoms with Gasteiger partial charge in [-0.2, -0.15) is 0 Å². The molecule has 1 aromatic carbocycles. The fraction of sp³-hybridized carbons (Fsp3) is 0.524. The summed E-state index contributed by atoms with van der Waals surface area (Å²) in [6.45, 7) is 5.81. The number of nitrogens with one attached hydrogen (secondary N) is 3. The number of aliphatic imine (C=N–C) groups is 1. The van der Waals surface area contributed by atoms with Gasteiger partial charge in [-0.15, -0.1) is 0 Å². The average molecular weight is 436 g/mol. The van der Waals surface area contributed by atoms with E-state index in [1.165, 1.54) is 12.5 Å². The molecule has 172 valence electrons. The van der Waals surface area contributed by atoms with Crippen LogP contribution in [-0.4, -0.2) is 53.1 Å². The van der Waals surface area contributed by atoms with Crippen LogP contribution in [0.25, 0.3) is 0 Å². The molecule has 0 heterocycles. The van der Waals surface area contributed by atoms with E-state index in [0.717, 1.165) is 11.1 Å². The highest BCUT2D eigenvalue weighted by atomic mass is 16.5. The zero-order valence-corrected chi connectivity index (χ0v) is 18.4. The van der Waals surface area contributed by atoms with Crippen LogP contribution < -0.4 is 21.8 Å². The van der Waals surface area contributed by atoms with Crippen LogP contribution in [0.5, 0.6) is 0 Å². The van der Waals surface area contributed by atoms with Gasteiger partial charge in [-0.25, -0.2) is 5.48 Å². The number of hydroxylamine groups is 1. The number of likely N-dealkylation sites (N-methyl/N-ethyl adjacent to an activating group) is 1. The largest absolute Gasteiger partial charge is 0.388 e. The summed E-state index contributed by atoms with van der Waals surface area (Å²) in [5.41, 5.74) is 8.65. The summed E-state index contributed by atoms with van der Waals surface area (Å²) in [7, 11) is 1.46. The Kier molecular flexibility index (Phi) is 10.6. The number of amidine groups is 1. The molecule has 0 unspecified atom stereocenters. The predicted molar refractivity (Wildman–Crippen MR) is 116 cm³/mol. The van der Waals surface area contributed by atoms with Crippen molar-refractivity contribution in [1.82, 2.24) is 16.1 Å². The Labute approximate surface area is 182 Å². The topological polar surface area (TPSA) is 166 Å². The van der Waals surface area contributed by atoms with E-state index in [0.29, 0.717) is 12.4 Å². The van der Waals surface area contributed by atoms with Crippen LogP contribution in [0.1, 0.15) is 38.3 Å². The Bertz CT molecular complexity index is 775. The third-order valence-electron chi connectivity index (χ3n) is 4.68. The van der Waals surface area contributed by atoms with Gasteiger partial charge in [0.05, 0.1) is 18.3 Å². The SMILES string of the molecule is CNC(=O)[C@H](Cc1ccc(CN=C(C)N)cc1)NC(=O)[C@H](CC(C)C)[C@H](O)C(=O)NO. The molecule has 0 spiro atoms. The van der Waals surface area contributed by atoms with Crippen molar-refractivity contribution in [2.24, 2.45) is 22.6 Å².